The summed E-state index contributed by atoms with van der Waals surface area (Å²) in [5, 5.41) is 0. The van der Waals surface area contributed by atoms with Gasteiger partial charge in [0.05, 0.1) is 13.0 Å². The number of carbonyl (C=O) groups excluding carboxylic acids is 2. The number of benzene rings is 3. The Labute approximate surface area is 240 Å². The van der Waals surface area contributed by atoms with Crippen LogP contribution in [0.5, 0.6) is 0 Å². The lowest BCUT2D eigenvalue weighted by Gasteiger charge is -2.34. The first-order valence-corrected chi connectivity index (χ1v) is 13.7. The average Bonchev–Trinajstić information content (AvgIpc) is 3.02. The highest BCUT2D eigenvalue weighted by atomic mass is 16.5. The summed E-state index contributed by atoms with van der Waals surface area (Å²) in [4.78, 5) is 26.4. The SMILES string of the molecule is [2H]c1c([2H])c([2H])c(C(OC2CCN(CCCC(=O)c3ccc(C(C)(C)COC(C)=O)cc3)CC2)c2ccccc2)c([2H])c1[2H]. The van der Waals surface area contributed by atoms with Gasteiger partial charge in [0.15, 0.2) is 5.78 Å². The molecule has 1 saturated heterocycles. The van der Waals surface area contributed by atoms with Crippen molar-refractivity contribution >= 4 is 11.8 Å². The predicted molar refractivity (Wildman–Crippen MR) is 155 cm³/mol. The van der Waals surface area contributed by atoms with Crippen LogP contribution in [0.25, 0.3) is 0 Å². The summed E-state index contributed by atoms with van der Waals surface area (Å²) in [6.45, 7) is 8.02. The van der Waals surface area contributed by atoms with Crippen molar-refractivity contribution in [3.63, 3.8) is 0 Å². The van der Waals surface area contributed by atoms with Crippen LogP contribution in [0.3, 0.4) is 0 Å². The van der Waals surface area contributed by atoms with E-state index in [9.17, 15) is 9.59 Å². The van der Waals surface area contributed by atoms with E-state index in [0.29, 0.717) is 12.0 Å². The van der Waals surface area contributed by atoms with Crippen molar-refractivity contribution in [3.05, 3.63) is 107 Å². The number of ketones is 1. The molecule has 1 aliphatic heterocycles. The van der Waals surface area contributed by atoms with Crippen molar-refractivity contribution in [3.8, 4) is 0 Å². The van der Waals surface area contributed by atoms with Crippen LogP contribution in [0.1, 0.15) is 86.5 Å². The first-order chi connectivity index (χ1) is 20.9. The third-order valence-corrected chi connectivity index (χ3v) is 7.25. The van der Waals surface area contributed by atoms with Gasteiger partial charge in [-0.25, -0.2) is 0 Å². The van der Waals surface area contributed by atoms with Gasteiger partial charge < -0.3 is 14.4 Å². The Morgan fingerprint density at radius 2 is 1.64 bits per heavy atom. The number of carbonyl (C=O) groups is 2. The molecule has 0 N–H and O–H groups in total. The molecule has 1 heterocycles. The zero-order chi connectivity index (χ0) is 32.0. The Kier molecular flexibility index (Phi) is 7.90. The van der Waals surface area contributed by atoms with Crippen LogP contribution >= 0.6 is 0 Å². The van der Waals surface area contributed by atoms with Crippen molar-refractivity contribution in [2.24, 2.45) is 0 Å². The molecule has 1 unspecified atom stereocenters. The summed E-state index contributed by atoms with van der Waals surface area (Å²) in [5.41, 5.74) is 2.22. The molecular weight excluding hydrogens is 486 g/mol. The second kappa shape index (κ2) is 13.7. The molecule has 206 valence electrons. The summed E-state index contributed by atoms with van der Waals surface area (Å²) in [5.74, 6) is -0.219. The molecule has 0 saturated carbocycles. The minimum absolute atomic E-state index is 0.0943. The molecule has 5 nitrogen and oxygen atoms in total. The molecule has 1 fully saturated rings. The van der Waals surface area contributed by atoms with Crippen LogP contribution in [0, 0.1) is 0 Å². The van der Waals surface area contributed by atoms with Crippen molar-refractivity contribution < 1.29 is 25.9 Å². The molecule has 0 bridgehead atoms. The highest BCUT2D eigenvalue weighted by Crippen LogP contribution is 2.30. The molecule has 39 heavy (non-hydrogen) atoms. The van der Waals surface area contributed by atoms with Crippen LogP contribution in [-0.4, -0.2) is 49.0 Å². The first kappa shape index (κ1) is 22.5. The molecule has 0 radical (unpaired) electrons. The van der Waals surface area contributed by atoms with Gasteiger partial charge in [0.25, 0.3) is 0 Å². The van der Waals surface area contributed by atoms with Gasteiger partial charge in [-0.1, -0.05) is 98.7 Å². The third-order valence-electron chi connectivity index (χ3n) is 7.25. The summed E-state index contributed by atoms with van der Waals surface area (Å²) in [7, 11) is 0. The smallest absolute Gasteiger partial charge is 0.302 e. The van der Waals surface area contributed by atoms with Crippen molar-refractivity contribution in [1.82, 2.24) is 4.90 Å². The van der Waals surface area contributed by atoms with Gasteiger partial charge in [0, 0.05) is 37.4 Å². The van der Waals surface area contributed by atoms with E-state index in [4.69, 9.17) is 16.3 Å². The summed E-state index contributed by atoms with van der Waals surface area (Å²) >= 11 is 0. The molecule has 1 atom stereocenters. The Bertz CT molecular complexity index is 1430. The number of Topliss-reactive ketones (excluding diaryl/α,β-unsaturated/α-hetero) is 1. The number of likely N-dealkylation sites (tertiary alicyclic amines) is 1. The van der Waals surface area contributed by atoms with E-state index in [2.05, 4.69) is 4.90 Å². The van der Waals surface area contributed by atoms with E-state index in [1.54, 1.807) is 0 Å². The van der Waals surface area contributed by atoms with Crippen molar-refractivity contribution in [1.29, 1.82) is 0 Å². The Balaban J connectivity index is 1.31. The monoisotopic (exact) mass is 532 g/mol. The van der Waals surface area contributed by atoms with Crippen LogP contribution in [0.15, 0.2) is 84.8 Å². The van der Waals surface area contributed by atoms with E-state index in [1.807, 2.05) is 68.4 Å². The highest BCUT2D eigenvalue weighted by molar-refractivity contribution is 5.96. The van der Waals surface area contributed by atoms with E-state index < -0.39 is 12.1 Å². The van der Waals surface area contributed by atoms with Gasteiger partial charge in [-0.2, -0.15) is 0 Å². The fourth-order valence-electron chi connectivity index (χ4n) is 4.87. The molecule has 1 aliphatic rings. The number of esters is 1. The maximum Gasteiger partial charge on any atom is 0.302 e. The van der Waals surface area contributed by atoms with Gasteiger partial charge in [0.2, 0.25) is 0 Å². The Morgan fingerprint density at radius 3 is 2.28 bits per heavy atom. The minimum atomic E-state index is -0.780. The van der Waals surface area contributed by atoms with Gasteiger partial charge in [-0.05, 0) is 42.5 Å². The van der Waals surface area contributed by atoms with E-state index in [-0.39, 0.29) is 59.6 Å². The lowest BCUT2D eigenvalue weighted by Crippen LogP contribution is -2.38. The number of hydrogen-bond donors (Lipinski definition) is 0. The predicted octanol–water partition coefficient (Wildman–Crippen LogP) is 6.76. The summed E-state index contributed by atoms with van der Waals surface area (Å²) in [6.07, 6.45) is 1.73. The standard InChI is InChI=1S/C34H41NO4/c1-26(36)38-25-34(2,3)30-18-16-27(17-19-30)32(37)15-10-22-35-23-20-31(21-24-35)39-33(28-11-6-4-7-12-28)29-13-8-5-9-14-29/h4-9,11-14,16-19,31,33H,10,15,20-25H2,1-3H3/i4D,6D,7D,11D,12D. The van der Waals surface area contributed by atoms with E-state index >= 15 is 0 Å². The fourth-order valence-corrected chi connectivity index (χ4v) is 4.87. The van der Waals surface area contributed by atoms with Crippen LogP contribution < -0.4 is 0 Å². The zero-order valence-electron chi connectivity index (χ0n) is 28.1. The first-order valence-electron chi connectivity index (χ1n) is 16.2. The second-order valence-electron chi connectivity index (χ2n) is 10.8. The van der Waals surface area contributed by atoms with E-state index in [1.165, 1.54) is 6.92 Å². The van der Waals surface area contributed by atoms with Crippen molar-refractivity contribution in [2.45, 2.75) is 64.1 Å². The van der Waals surface area contributed by atoms with Crippen LogP contribution in [-0.2, 0) is 19.7 Å². The largest absolute Gasteiger partial charge is 0.465 e. The topological polar surface area (TPSA) is 55.8 Å². The van der Waals surface area contributed by atoms with Gasteiger partial charge >= 0.3 is 5.97 Å². The highest BCUT2D eigenvalue weighted by Gasteiger charge is 2.25. The lowest BCUT2D eigenvalue weighted by molar-refractivity contribution is -0.142. The Hall–Kier alpha value is -3.28. The van der Waals surface area contributed by atoms with Crippen LogP contribution in [0.4, 0.5) is 0 Å². The maximum absolute atomic E-state index is 12.9. The molecule has 4 rings (SSSR count). The molecule has 3 aromatic rings. The molecule has 0 aromatic heterocycles. The number of rotatable bonds is 12. The number of nitrogens with zero attached hydrogens (tertiary/aromatic N) is 1. The Morgan fingerprint density at radius 1 is 0.974 bits per heavy atom. The second-order valence-corrected chi connectivity index (χ2v) is 10.8. The third kappa shape index (κ3) is 8.35. The van der Waals surface area contributed by atoms with E-state index in [0.717, 1.165) is 50.0 Å². The van der Waals surface area contributed by atoms with Gasteiger partial charge in [0.1, 0.15) is 12.7 Å². The lowest BCUT2D eigenvalue weighted by atomic mass is 9.85. The van der Waals surface area contributed by atoms with Crippen molar-refractivity contribution in [2.75, 3.05) is 26.2 Å². The van der Waals surface area contributed by atoms with Gasteiger partial charge in [-0.3, -0.25) is 9.59 Å². The quantitative estimate of drug-likeness (QED) is 0.191. The molecule has 0 aliphatic carbocycles. The maximum atomic E-state index is 12.9. The fraction of sp³-hybridized carbons (Fsp3) is 0.412. The molecule has 0 spiro atoms. The van der Waals surface area contributed by atoms with Gasteiger partial charge in [-0.15, -0.1) is 0 Å². The zero-order valence-corrected chi connectivity index (χ0v) is 23.1. The number of ether oxygens (including phenoxy) is 2. The number of hydrogen-bond acceptors (Lipinski definition) is 5. The molecular formula is C34H41NO4. The summed E-state index contributed by atoms with van der Waals surface area (Å²) in [6, 6.07) is 15.2. The molecule has 5 heteroatoms. The normalized spacial score (nSPS) is 17.4. The average molecular weight is 533 g/mol. The molecule has 3 aromatic carbocycles. The number of piperidine rings is 1. The summed E-state index contributed by atoms with van der Waals surface area (Å²) < 4.78 is 52.9. The minimum Gasteiger partial charge on any atom is -0.465 e. The molecule has 0 amide bonds. The van der Waals surface area contributed by atoms with Crippen LogP contribution in [0.2, 0.25) is 0 Å².